The molecule has 0 unspecified atom stereocenters. The Kier molecular flexibility index (Phi) is 5.98. The average molecular weight is 408 g/mol. The van der Waals surface area contributed by atoms with Crippen LogP contribution in [0.5, 0.6) is 11.5 Å². The summed E-state index contributed by atoms with van der Waals surface area (Å²) in [7, 11) is 0. The van der Waals surface area contributed by atoms with Crippen molar-refractivity contribution in [3.8, 4) is 11.5 Å². The van der Waals surface area contributed by atoms with Crippen LogP contribution in [0.3, 0.4) is 0 Å². The van der Waals surface area contributed by atoms with Crippen molar-refractivity contribution in [3.05, 3.63) is 65.7 Å². The highest BCUT2D eigenvalue weighted by Crippen LogP contribution is 2.36. The number of hydrogen-bond acceptors (Lipinski definition) is 6. The molecule has 30 heavy (non-hydrogen) atoms. The molecule has 154 valence electrons. The predicted octanol–water partition coefficient (Wildman–Crippen LogP) is 3.40. The highest BCUT2D eigenvalue weighted by atomic mass is 16.6. The fourth-order valence-electron chi connectivity index (χ4n) is 2.92. The van der Waals surface area contributed by atoms with Crippen molar-refractivity contribution in [1.82, 2.24) is 4.90 Å². The Morgan fingerprint density at radius 1 is 1.03 bits per heavy atom. The molecule has 0 radical (unpaired) electrons. The number of nitrogens with zero attached hydrogens (tertiary/aromatic N) is 1. The third-order valence-corrected chi connectivity index (χ3v) is 4.56. The maximum atomic E-state index is 12.9. The van der Waals surface area contributed by atoms with E-state index in [4.69, 9.17) is 4.74 Å². The number of carbonyl (C=O) groups excluding carboxylic acids is 3. The van der Waals surface area contributed by atoms with Gasteiger partial charge in [0.05, 0.1) is 5.56 Å². The van der Waals surface area contributed by atoms with E-state index < -0.39 is 24.6 Å². The molecule has 3 amide bonds. The fourth-order valence-corrected chi connectivity index (χ4v) is 2.92. The lowest BCUT2D eigenvalue weighted by Gasteiger charge is -2.18. The van der Waals surface area contributed by atoms with Crippen LogP contribution in [0.1, 0.15) is 22.8 Å². The maximum absolute atomic E-state index is 12.9. The zero-order chi connectivity index (χ0) is 21.8. The Morgan fingerprint density at radius 2 is 1.67 bits per heavy atom. The van der Waals surface area contributed by atoms with Gasteiger partial charge in [-0.1, -0.05) is 42.5 Å². The smallest absolute Gasteiger partial charge is 0.423 e. The first-order chi connectivity index (χ1) is 14.3. The topological polar surface area (TPSA) is 116 Å². The number of aliphatic hydroxyl groups excluding tert-OH is 1. The van der Waals surface area contributed by atoms with Crippen LogP contribution < -0.4 is 10.1 Å². The van der Waals surface area contributed by atoms with Gasteiger partial charge >= 0.3 is 6.09 Å². The largest absolute Gasteiger partial charge is 0.506 e. The Hall–Kier alpha value is -3.91. The summed E-state index contributed by atoms with van der Waals surface area (Å²) < 4.78 is 5.28. The zero-order valence-corrected chi connectivity index (χ0v) is 16.4. The first kappa shape index (κ1) is 20.8. The standard InChI is InChI=1S/C22H20N2O6/c1-13-7-3-6-10-18(13)23-21(28)17-11-19(30-22(29)24(12-25)14(2)26)15-8-4-5-9-16(15)20(17)27/h3-11,25,27H,12H2,1-2H3,(H,23,28). The zero-order valence-electron chi connectivity index (χ0n) is 16.4. The van der Waals surface area contributed by atoms with E-state index in [1.807, 2.05) is 19.1 Å². The van der Waals surface area contributed by atoms with Crippen molar-refractivity contribution in [2.24, 2.45) is 0 Å². The molecule has 0 aliphatic carbocycles. The number of aromatic hydroxyl groups is 1. The Morgan fingerprint density at radius 3 is 2.30 bits per heavy atom. The quantitative estimate of drug-likeness (QED) is 0.570. The minimum absolute atomic E-state index is 0.0389. The van der Waals surface area contributed by atoms with Gasteiger partial charge in [0.1, 0.15) is 18.2 Å². The summed E-state index contributed by atoms with van der Waals surface area (Å²) >= 11 is 0. The van der Waals surface area contributed by atoms with Gasteiger partial charge in [-0.05, 0) is 24.6 Å². The molecule has 3 N–H and O–H groups in total. The number of benzene rings is 3. The van der Waals surface area contributed by atoms with Gasteiger partial charge < -0.3 is 20.3 Å². The van der Waals surface area contributed by atoms with Gasteiger partial charge in [0, 0.05) is 23.4 Å². The molecule has 0 aromatic heterocycles. The Labute approximate surface area is 172 Å². The normalized spacial score (nSPS) is 10.5. The minimum atomic E-state index is -1.11. The highest BCUT2D eigenvalue weighted by molar-refractivity contribution is 6.11. The molecule has 0 saturated carbocycles. The summed E-state index contributed by atoms with van der Waals surface area (Å²) in [4.78, 5) is 37.1. The van der Waals surface area contributed by atoms with E-state index in [0.717, 1.165) is 12.5 Å². The van der Waals surface area contributed by atoms with E-state index in [1.165, 1.54) is 6.07 Å². The third-order valence-electron chi connectivity index (χ3n) is 4.56. The molecular formula is C22H20N2O6. The predicted molar refractivity (Wildman–Crippen MR) is 110 cm³/mol. The number of imide groups is 1. The first-order valence-corrected chi connectivity index (χ1v) is 9.06. The van der Waals surface area contributed by atoms with Crippen molar-refractivity contribution in [3.63, 3.8) is 0 Å². The van der Waals surface area contributed by atoms with E-state index >= 15 is 0 Å². The van der Waals surface area contributed by atoms with Crippen molar-refractivity contribution in [2.75, 3.05) is 12.0 Å². The number of anilines is 1. The molecule has 0 aliphatic rings. The molecule has 0 heterocycles. The molecule has 8 heteroatoms. The lowest BCUT2D eigenvalue weighted by molar-refractivity contribution is -0.129. The molecule has 0 aliphatic heterocycles. The molecule has 0 fully saturated rings. The van der Waals surface area contributed by atoms with Crippen LogP contribution in [-0.4, -0.2) is 39.8 Å². The van der Waals surface area contributed by atoms with E-state index in [-0.39, 0.29) is 22.4 Å². The number of aliphatic hydroxyl groups is 1. The second-order valence-electron chi connectivity index (χ2n) is 6.54. The summed E-state index contributed by atoms with van der Waals surface area (Å²) in [5, 5.41) is 23.3. The van der Waals surface area contributed by atoms with Gasteiger partial charge in [-0.3, -0.25) is 9.59 Å². The number of fused-ring (bicyclic) bond motifs is 1. The Balaban J connectivity index is 2.05. The number of aryl methyl sites for hydroxylation is 1. The number of nitrogens with one attached hydrogen (secondary N) is 1. The van der Waals surface area contributed by atoms with Gasteiger partial charge in [-0.25, -0.2) is 9.69 Å². The summed E-state index contributed by atoms with van der Waals surface area (Å²) in [5.74, 6) is -1.62. The number of hydrogen-bond donors (Lipinski definition) is 3. The van der Waals surface area contributed by atoms with Crippen LogP contribution in [0.15, 0.2) is 54.6 Å². The average Bonchev–Trinajstić information content (AvgIpc) is 2.72. The van der Waals surface area contributed by atoms with Gasteiger partial charge in [0.25, 0.3) is 5.91 Å². The molecule has 3 rings (SSSR count). The molecule has 3 aromatic rings. The summed E-state index contributed by atoms with van der Waals surface area (Å²) in [5.41, 5.74) is 1.28. The summed E-state index contributed by atoms with van der Waals surface area (Å²) in [6, 6.07) is 14.9. The van der Waals surface area contributed by atoms with E-state index in [2.05, 4.69) is 5.32 Å². The monoisotopic (exact) mass is 408 g/mol. The number of carbonyl (C=O) groups is 3. The van der Waals surface area contributed by atoms with Crippen molar-refractivity contribution < 1.29 is 29.3 Å². The molecule has 0 atom stereocenters. The molecule has 0 bridgehead atoms. The maximum Gasteiger partial charge on any atom is 0.423 e. The minimum Gasteiger partial charge on any atom is -0.506 e. The summed E-state index contributed by atoms with van der Waals surface area (Å²) in [6.45, 7) is 2.08. The number of amides is 3. The van der Waals surface area contributed by atoms with Crippen molar-refractivity contribution >= 4 is 34.4 Å². The summed E-state index contributed by atoms with van der Waals surface area (Å²) in [6.07, 6.45) is -1.11. The number of rotatable bonds is 4. The Bertz CT molecular complexity index is 1140. The first-order valence-electron chi connectivity index (χ1n) is 9.06. The van der Waals surface area contributed by atoms with Crippen LogP contribution in [0.4, 0.5) is 10.5 Å². The molecule has 0 saturated heterocycles. The number of phenolic OH excluding ortho intramolecular Hbond substituents is 1. The van der Waals surface area contributed by atoms with E-state index in [0.29, 0.717) is 16.0 Å². The second-order valence-corrected chi connectivity index (χ2v) is 6.54. The highest BCUT2D eigenvalue weighted by Gasteiger charge is 2.23. The van der Waals surface area contributed by atoms with Gasteiger partial charge in [0.2, 0.25) is 5.91 Å². The molecule has 3 aromatic carbocycles. The van der Waals surface area contributed by atoms with Crippen LogP contribution >= 0.6 is 0 Å². The van der Waals surface area contributed by atoms with Crippen LogP contribution in [0, 0.1) is 6.92 Å². The number of ether oxygens (including phenoxy) is 1. The molecule has 0 spiro atoms. The number of phenols is 1. The third kappa shape index (κ3) is 4.08. The van der Waals surface area contributed by atoms with E-state index in [1.54, 1.807) is 36.4 Å². The van der Waals surface area contributed by atoms with Gasteiger partial charge in [-0.15, -0.1) is 0 Å². The molecule has 8 nitrogen and oxygen atoms in total. The van der Waals surface area contributed by atoms with Crippen LogP contribution in [0.2, 0.25) is 0 Å². The van der Waals surface area contributed by atoms with Gasteiger partial charge in [-0.2, -0.15) is 0 Å². The van der Waals surface area contributed by atoms with Crippen molar-refractivity contribution in [2.45, 2.75) is 13.8 Å². The lowest BCUT2D eigenvalue weighted by atomic mass is 10.0. The van der Waals surface area contributed by atoms with Crippen LogP contribution in [-0.2, 0) is 4.79 Å². The number of para-hydroxylation sites is 1. The van der Waals surface area contributed by atoms with Gasteiger partial charge in [0.15, 0.2) is 0 Å². The SMILES string of the molecule is CC(=O)N(CO)C(=O)Oc1cc(C(=O)Nc2ccccc2C)c(O)c2ccccc12. The lowest BCUT2D eigenvalue weighted by Crippen LogP contribution is -2.38. The second kappa shape index (κ2) is 8.62. The van der Waals surface area contributed by atoms with Crippen LogP contribution in [0.25, 0.3) is 10.8 Å². The molecular weight excluding hydrogens is 388 g/mol. The fraction of sp³-hybridized carbons (Fsp3) is 0.136. The van der Waals surface area contributed by atoms with Crippen molar-refractivity contribution in [1.29, 1.82) is 0 Å². The van der Waals surface area contributed by atoms with E-state index in [9.17, 15) is 24.6 Å².